The molecule has 0 fully saturated rings. The zero-order valence-electron chi connectivity index (χ0n) is 12.5. The summed E-state index contributed by atoms with van der Waals surface area (Å²) in [5.41, 5.74) is 1.03. The third-order valence-electron chi connectivity index (χ3n) is 3.41. The van der Waals surface area contributed by atoms with Crippen LogP contribution in [0.3, 0.4) is 0 Å². The van der Waals surface area contributed by atoms with Crippen molar-refractivity contribution in [3.63, 3.8) is 0 Å². The Bertz CT molecular complexity index is 632. The Morgan fingerprint density at radius 2 is 2.00 bits per heavy atom. The van der Waals surface area contributed by atoms with Gasteiger partial charge in [-0.15, -0.1) is 6.58 Å². The summed E-state index contributed by atoms with van der Waals surface area (Å²) in [5.74, 6) is 0.607. The number of allylic oxidation sites excluding steroid dienone is 1. The van der Waals surface area contributed by atoms with E-state index in [1.54, 1.807) is 43.5 Å². The van der Waals surface area contributed by atoms with E-state index in [0.29, 0.717) is 30.0 Å². The van der Waals surface area contributed by atoms with Gasteiger partial charge >= 0.3 is 0 Å². The van der Waals surface area contributed by atoms with Gasteiger partial charge in [-0.05, 0) is 26.0 Å². The molecular formula is C16H21NO3S. The Kier molecular flexibility index (Phi) is 4.73. The lowest BCUT2D eigenvalue weighted by Gasteiger charge is -2.19. The first kappa shape index (κ1) is 15.6. The summed E-state index contributed by atoms with van der Waals surface area (Å²) in [6.45, 7) is 7.82. The summed E-state index contributed by atoms with van der Waals surface area (Å²) in [5, 5.41) is 0. The summed E-state index contributed by atoms with van der Waals surface area (Å²) in [7, 11) is -3.52. The monoisotopic (exact) mass is 307 g/mol. The molecule has 114 valence electrons. The second kappa shape index (κ2) is 6.35. The predicted octanol–water partition coefficient (Wildman–Crippen LogP) is 3.21. The van der Waals surface area contributed by atoms with Gasteiger partial charge in [0.2, 0.25) is 0 Å². The quantitative estimate of drug-likeness (QED) is 0.802. The maximum Gasteiger partial charge on any atom is 0.263 e. The van der Waals surface area contributed by atoms with Crippen molar-refractivity contribution in [2.75, 3.05) is 6.54 Å². The molecule has 0 saturated carbocycles. The van der Waals surface area contributed by atoms with Crippen molar-refractivity contribution in [1.82, 2.24) is 4.31 Å². The molecule has 1 aromatic rings. The number of benzene rings is 1. The van der Waals surface area contributed by atoms with Gasteiger partial charge in [-0.3, -0.25) is 4.31 Å². The molecule has 1 aromatic carbocycles. The lowest BCUT2D eigenvalue weighted by atomic mass is 10.2. The van der Waals surface area contributed by atoms with Crippen molar-refractivity contribution < 1.29 is 13.2 Å². The molecule has 0 aromatic heterocycles. The standard InChI is InChI=1S/C16H21NO3S/c1-4-5-15-10-11-17(12-14(3)20-15)21(18,19)16-8-6-13(2)7-9-16/h4,6-9,12,15H,1,5,10-11H2,2-3H3. The number of aryl methyl sites for hydroxylation is 1. The molecule has 1 heterocycles. The summed E-state index contributed by atoms with van der Waals surface area (Å²) in [4.78, 5) is 0.305. The zero-order valence-corrected chi connectivity index (χ0v) is 13.3. The summed E-state index contributed by atoms with van der Waals surface area (Å²) in [6, 6.07) is 6.89. The van der Waals surface area contributed by atoms with Crippen molar-refractivity contribution in [1.29, 1.82) is 0 Å². The molecule has 0 aliphatic carbocycles. The molecule has 0 N–H and O–H groups in total. The summed E-state index contributed by atoms with van der Waals surface area (Å²) >= 11 is 0. The van der Waals surface area contributed by atoms with Gasteiger partial charge in [-0.25, -0.2) is 8.42 Å². The average Bonchev–Trinajstić information content (AvgIpc) is 2.62. The third kappa shape index (κ3) is 3.67. The van der Waals surface area contributed by atoms with Crippen molar-refractivity contribution in [2.24, 2.45) is 0 Å². The number of nitrogens with zero attached hydrogens (tertiary/aromatic N) is 1. The Balaban J connectivity index is 2.26. The first-order valence-corrected chi connectivity index (χ1v) is 8.42. The van der Waals surface area contributed by atoms with Crippen molar-refractivity contribution in [3.05, 3.63) is 54.4 Å². The van der Waals surface area contributed by atoms with Crippen LogP contribution in [0.25, 0.3) is 0 Å². The predicted molar refractivity (Wildman–Crippen MR) is 83.1 cm³/mol. The van der Waals surface area contributed by atoms with Gasteiger partial charge in [0.25, 0.3) is 10.0 Å². The number of hydrogen-bond acceptors (Lipinski definition) is 3. The highest BCUT2D eigenvalue weighted by atomic mass is 32.2. The number of hydrogen-bond donors (Lipinski definition) is 0. The second-order valence-electron chi connectivity index (χ2n) is 5.22. The third-order valence-corrected chi connectivity index (χ3v) is 5.18. The molecule has 0 spiro atoms. The van der Waals surface area contributed by atoms with Gasteiger partial charge in [0, 0.05) is 19.4 Å². The summed E-state index contributed by atoms with van der Waals surface area (Å²) in [6.07, 6.45) is 4.70. The van der Waals surface area contributed by atoms with Crippen LogP contribution in [0.15, 0.2) is 53.8 Å². The van der Waals surface area contributed by atoms with Gasteiger partial charge < -0.3 is 4.74 Å². The fourth-order valence-electron chi connectivity index (χ4n) is 2.28. The number of rotatable bonds is 4. The van der Waals surface area contributed by atoms with Crippen molar-refractivity contribution in [2.45, 2.75) is 37.7 Å². The smallest absolute Gasteiger partial charge is 0.263 e. The minimum atomic E-state index is -3.52. The van der Waals surface area contributed by atoms with Crippen LogP contribution >= 0.6 is 0 Å². The van der Waals surface area contributed by atoms with E-state index in [1.165, 1.54) is 4.31 Å². The van der Waals surface area contributed by atoms with Crippen LogP contribution in [0.5, 0.6) is 0 Å². The SMILES string of the molecule is C=CCC1CCN(S(=O)(=O)c2ccc(C)cc2)C=C(C)O1. The van der Waals surface area contributed by atoms with E-state index in [2.05, 4.69) is 6.58 Å². The minimum absolute atomic E-state index is 0.0167. The second-order valence-corrected chi connectivity index (χ2v) is 7.11. The highest BCUT2D eigenvalue weighted by Crippen LogP contribution is 2.23. The molecular weight excluding hydrogens is 286 g/mol. The topological polar surface area (TPSA) is 46.6 Å². The molecule has 5 heteroatoms. The van der Waals surface area contributed by atoms with E-state index >= 15 is 0 Å². The Labute approximate surface area is 126 Å². The van der Waals surface area contributed by atoms with E-state index in [9.17, 15) is 8.42 Å². The molecule has 1 atom stereocenters. The fraction of sp³-hybridized carbons (Fsp3) is 0.375. The molecule has 2 rings (SSSR count). The Morgan fingerprint density at radius 3 is 2.62 bits per heavy atom. The van der Waals surface area contributed by atoms with E-state index in [-0.39, 0.29) is 6.10 Å². The zero-order chi connectivity index (χ0) is 15.5. The summed E-state index contributed by atoms with van der Waals surface area (Å²) < 4.78 is 32.4. The molecule has 21 heavy (non-hydrogen) atoms. The van der Waals surface area contributed by atoms with E-state index < -0.39 is 10.0 Å². The Hall–Kier alpha value is -1.75. The van der Waals surface area contributed by atoms with Crippen LogP contribution < -0.4 is 0 Å². The lowest BCUT2D eigenvalue weighted by molar-refractivity contribution is 0.118. The maximum atomic E-state index is 12.7. The largest absolute Gasteiger partial charge is 0.493 e. The van der Waals surface area contributed by atoms with Gasteiger partial charge in [0.1, 0.15) is 11.9 Å². The highest BCUT2D eigenvalue weighted by molar-refractivity contribution is 7.89. The highest BCUT2D eigenvalue weighted by Gasteiger charge is 2.25. The molecule has 0 saturated heterocycles. The average molecular weight is 307 g/mol. The number of ether oxygens (including phenoxy) is 1. The first-order valence-electron chi connectivity index (χ1n) is 6.98. The molecule has 1 aliphatic rings. The molecule has 0 radical (unpaired) electrons. The van der Waals surface area contributed by atoms with Gasteiger partial charge in [-0.1, -0.05) is 23.8 Å². The van der Waals surface area contributed by atoms with E-state index in [0.717, 1.165) is 5.56 Å². The van der Waals surface area contributed by atoms with Crippen LogP contribution in [0.1, 0.15) is 25.3 Å². The molecule has 4 nitrogen and oxygen atoms in total. The molecule has 1 aliphatic heterocycles. The van der Waals surface area contributed by atoms with Crippen LogP contribution in [-0.4, -0.2) is 25.4 Å². The normalized spacial score (nSPS) is 19.4. The first-order chi connectivity index (χ1) is 9.93. The minimum Gasteiger partial charge on any atom is -0.493 e. The molecule has 1 unspecified atom stereocenters. The number of sulfonamides is 1. The maximum absolute atomic E-state index is 12.7. The van der Waals surface area contributed by atoms with Crippen LogP contribution in [-0.2, 0) is 14.8 Å². The molecule has 0 bridgehead atoms. The van der Waals surface area contributed by atoms with E-state index in [4.69, 9.17) is 4.74 Å². The fourth-order valence-corrected chi connectivity index (χ4v) is 3.66. The van der Waals surface area contributed by atoms with Gasteiger partial charge in [0.15, 0.2) is 0 Å². The van der Waals surface area contributed by atoms with Gasteiger partial charge in [0.05, 0.1) is 11.1 Å². The van der Waals surface area contributed by atoms with Gasteiger partial charge in [-0.2, -0.15) is 0 Å². The molecule has 0 amide bonds. The van der Waals surface area contributed by atoms with E-state index in [1.807, 2.05) is 6.92 Å². The van der Waals surface area contributed by atoms with Crippen LogP contribution in [0.4, 0.5) is 0 Å². The van der Waals surface area contributed by atoms with Crippen LogP contribution in [0, 0.1) is 6.92 Å². The van der Waals surface area contributed by atoms with Crippen molar-refractivity contribution in [3.8, 4) is 0 Å². The van der Waals surface area contributed by atoms with Crippen molar-refractivity contribution >= 4 is 10.0 Å². The lowest BCUT2D eigenvalue weighted by Crippen LogP contribution is -2.27. The van der Waals surface area contributed by atoms with Crippen LogP contribution in [0.2, 0.25) is 0 Å². The Morgan fingerprint density at radius 1 is 1.33 bits per heavy atom.